The van der Waals surface area contributed by atoms with Crippen molar-refractivity contribution < 1.29 is 49.9 Å². The number of rotatable bonds is 15. The van der Waals surface area contributed by atoms with Gasteiger partial charge >= 0.3 is 16.2 Å². The van der Waals surface area contributed by atoms with Crippen molar-refractivity contribution in [2.45, 2.75) is 16.5 Å². The number of hydrogen-bond donors (Lipinski definition) is 0. The van der Waals surface area contributed by atoms with Crippen LogP contribution in [-0.2, 0) is 10.1 Å². The van der Waals surface area contributed by atoms with Crippen LogP contribution >= 0.6 is 23.4 Å². The second kappa shape index (κ2) is 15.0. The van der Waals surface area contributed by atoms with Crippen LogP contribution in [0.4, 0.5) is 0 Å². The minimum Gasteiger partial charge on any atom is -0.496 e. The van der Waals surface area contributed by atoms with E-state index in [4.69, 9.17) is 53.0 Å². The van der Waals surface area contributed by atoms with Gasteiger partial charge in [0.05, 0.1) is 42.2 Å². The first kappa shape index (κ1) is 34.5. The van der Waals surface area contributed by atoms with Gasteiger partial charge in [0.2, 0.25) is 16.9 Å². The van der Waals surface area contributed by atoms with Crippen molar-refractivity contribution in [1.29, 1.82) is 0 Å². The average Bonchev–Trinajstić information content (AvgIpc) is 3.53. The third-order valence-electron chi connectivity index (χ3n) is 6.71. The molecule has 3 aromatic carbocycles. The quantitative estimate of drug-likeness (QED) is 0.0715. The molecular weight excluding hydrogens is 692 g/mol. The van der Waals surface area contributed by atoms with Crippen LogP contribution in [0.3, 0.4) is 0 Å². The number of fused-ring (bicyclic) bond motifs is 1. The largest absolute Gasteiger partial charge is 0.496 e. The van der Waals surface area contributed by atoms with Gasteiger partial charge in [-0.2, -0.15) is 8.42 Å². The summed E-state index contributed by atoms with van der Waals surface area (Å²) in [6.45, 7) is 0.0710. The Morgan fingerprint density at radius 2 is 1.50 bits per heavy atom. The Hall–Kier alpha value is -4.80. The molecule has 5 aromatic rings. The van der Waals surface area contributed by atoms with Gasteiger partial charge in [0.25, 0.3) is 5.22 Å². The van der Waals surface area contributed by atoms with Crippen LogP contribution in [0.2, 0.25) is 5.02 Å². The van der Waals surface area contributed by atoms with Crippen molar-refractivity contribution in [2.75, 3.05) is 47.9 Å². The highest BCUT2D eigenvalue weighted by atomic mass is 35.5. The standard InChI is InChI=1S/C31H29ClN2O12S2/c1-38-19-15-21(39-2)25-22(16-19)44-27(17-13-23(40-3)28(42-5)24(14-17)41-4)29(26(25)35)43-11-6-12-47-31-34-33-30(45-31)46-48(36,37)20-9-7-18(32)8-10-20/h7-10,13-16H,6,11-12H2,1-5H3. The molecule has 0 fully saturated rings. The molecule has 2 heterocycles. The van der Waals surface area contributed by atoms with Gasteiger partial charge < -0.3 is 41.4 Å². The van der Waals surface area contributed by atoms with Gasteiger partial charge in [-0.15, -0.1) is 0 Å². The highest BCUT2D eigenvalue weighted by Gasteiger charge is 2.25. The Balaban J connectivity index is 1.36. The van der Waals surface area contributed by atoms with E-state index >= 15 is 0 Å². The summed E-state index contributed by atoms with van der Waals surface area (Å²) in [6.07, 6.45) is -0.142. The Morgan fingerprint density at radius 1 is 0.812 bits per heavy atom. The molecule has 0 N–H and O–H groups in total. The van der Waals surface area contributed by atoms with E-state index in [2.05, 4.69) is 10.2 Å². The van der Waals surface area contributed by atoms with Crippen LogP contribution in [0, 0.1) is 0 Å². The fourth-order valence-corrected chi connectivity index (χ4v) is 6.09. The van der Waals surface area contributed by atoms with Crippen molar-refractivity contribution in [3.63, 3.8) is 0 Å². The lowest BCUT2D eigenvalue weighted by Gasteiger charge is -2.16. The van der Waals surface area contributed by atoms with Crippen molar-refractivity contribution in [2.24, 2.45) is 0 Å². The van der Waals surface area contributed by atoms with Crippen LogP contribution in [0.25, 0.3) is 22.3 Å². The van der Waals surface area contributed by atoms with E-state index < -0.39 is 21.6 Å². The Morgan fingerprint density at radius 3 is 2.12 bits per heavy atom. The molecule has 17 heteroatoms. The maximum absolute atomic E-state index is 14.0. The van der Waals surface area contributed by atoms with E-state index in [0.717, 1.165) is 11.8 Å². The predicted molar refractivity (Wildman–Crippen MR) is 175 cm³/mol. The summed E-state index contributed by atoms with van der Waals surface area (Å²) in [5.74, 6) is 2.11. The van der Waals surface area contributed by atoms with Gasteiger partial charge in [-0.3, -0.25) is 4.79 Å². The molecule has 0 aliphatic heterocycles. The highest BCUT2D eigenvalue weighted by Crippen LogP contribution is 2.44. The molecule has 48 heavy (non-hydrogen) atoms. The zero-order valence-corrected chi connectivity index (χ0v) is 28.6. The SMILES string of the molecule is COc1cc(OC)c2c(=O)c(OCCCSc3nnc(OS(=O)(=O)c4ccc(Cl)cc4)o3)c(-c3cc(OC)c(OC)c(OC)c3)oc2c1. The first-order valence-electron chi connectivity index (χ1n) is 13.9. The molecular formula is C31H29ClN2O12S2. The Labute approximate surface area is 283 Å². The number of halogens is 1. The first-order valence-corrected chi connectivity index (χ1v) is 16.7. The van der Waals surface area contributed by atoms with E-state index in [1.54, 1.807) is 24.3 Å². The second-order valence-corrected chi connectivity index (χ2v) is 12.6. The normalized spacial score (nSPS) is 11.3. The molecule has 0 aliphatic carbocycles. The molecule has 0 atom stereocenters. The van der Waals surface area contributed by atoms with Crippen molar-refractivity contribution in [3.05, 3.63) is 63.8 Å². The van der Waals surface area contributed by atoms with Gasteiger partial charge in [0, 0.05) is 28.5 Å². The van der Waals surface area contributed by atoms with Gasteiger partial charge in [-0.05, 0) is 42.8 Å². The Kier molecular flexibility index (Phi) is 10.8. The number of methoxy groups -OCH3 is 5. The predicted octanol–water partition coefficient (Wildman–Crippen LogP) is 5.87. The maximum atomic E-state index is 14.0. The number of ether oxygens (including phenoxy) is 6. The van der Waals surface area contributed by atoms with Gasteiger partial charge in [-0.25, -0.2) is 0 Å². The highest BCUT2D eigenvalue weighted by molar-refractivity contribution is 7.99. The first-order chi connectivity index (χ1) is 23.1. The zero-order chi connectivity index (χ0) is 34.4. The molecule has 0 unspecified atom stereocenters. The topological polar surface area (TPSA) is 168 Å². The van der Waals surface area contributed by atoms with Crippen LogP contribution < -0.4 is 38.0 Å². The zero-order valence-electron chi connectivity index (χ0n) is 26.2. The van der Waals surface area contributed by atoms with E-state index in [-0.39, 0.29) is 45.0 Å². The van der Waals surface area contributed by atoms with E-state index in [1.165, 1.54) is 59.8 Å². The van der Waals surface area contributed by atoms with Crippen molar-refractivity contribution >= 4 is 44.5 Å². The molecule has 0 amide bonds. The summed E-state index contributed by atoms with van der Waals surface area (Å²) >= 11 is 6.96. The smallest absolute Gasteiger partial charge is 0.431 e. The number of thioether (sulfide) groups is 1. The van der Waals surface area contributed by atoms with Crippen LogP contribution in [0.1, 0.15) is 6.42 Å². The van der Waals surface area contributed by atoms with Crippen molar-refractivity contribution in [3.8, 4) is 51.9 Å². The molecule has 0 bridgehead atoms. The minimum atomic E-state index is -4.21. The number of benzene rings is 3. The van der Waals surface area contributed by atoms with E-state index in [1.807, 2.05) is 0 Å². The molecule has 0 radical (unpaired) electrons. The van der Waals surface area contributed by atoms with Gasteiger partial charge in [0.15, 0.2) is 17.3 Å². The molecule has 2 aromatic heterocycles. The lowest BCUT2D eigenvalue weighted by atomic mass is 10.1. The molecule has 14 nitrogen and oxygen atoms in total. The third kappa shape index (κ3) is 7.35. The number of aromatic nitrogens is 2. The summed E-state index contributed by atoms with van der Waals surface area (Å²) in [5, 5.41) is 8.06. The third-order valence-corrected chi connectivity index (χ3v) is 9.07. The second-order valence-electron chi connectivity index (χ2n) is 9.58. The summed E-state index contributed by atoms with van der Waals surface area (Å²) in [6, 6.07) is 11.8. The lowest BCUT2D eigenvalue weighted by Crippen LogP contribution is -2.12. The summed E-state index contributed by atoms with van der Waals surface area (Å²) in [7, 11) is 3.13. The Bertz CT molecular complexity index is 2060. The average molecular weight is 721 g/mol. The molecule has 0 saturated heterocycles. The molecule has 0 spiro atoms. The maximum Gasteiger partial charge on any atom is 0.431 e. The van der Waals surface area contributed by atoms with Crippen molar-refractivity contribution in [1.82, 2.24) is 10.2 Å². The van der Waals surface area contributed by atoms with E-state index in [0.29, 0.717) is 45.8 Å². The van der Waals surface area contributed by atoms with Crippen LogP contribution in [0.5, 0.6) is 40.6 Å². The van der Waals surface area contributed by atoms with E-state index in [9.17, 15) is 13.2 Å². The molecule has 254 valence electrons. The fourth-order valence-electron chi connectivity index (χ4n) is 4.48. The summed E-state index contributed by atoms with van der Waals surface area (Å²) in [5.41, 5.74) is 0.143. The van der Waals surface area contributed by atoms with Gasteiger partial charge in [0.1, 0.15) is 27.4 Å². The minimum absolute atomic E-state index is 0.0679. The molecule has 0 saturated carbocycles. The van der Waals surface area contributed by atoms with Gasteiger partial charge in [-0.1, -0.05) is 33.6 Å². The summed E-state index contributed by atoms with van der Waals surface area (Å²) in [4.78, 5) is 13.8. The summed E-state index contributed by atoms with van der Waals surface area (Å²) < 4.78 is 74.9. The number of nitrogens with zero attached hydrogens (tertiary/aromatic N) is 2. The monoisotopic (exact) mass is 720 g/mol. The number of hydrogen-bond acceptors (Lipinski definition) is 15. The fraction of sp³-hybridized carbons (Fsp3) is 0.258. The lowest BCUT2D eigenvalue weighted by molar-refractivity contribution is 0.308. The van der Waals surface area contributed by atoms with Crippen LogP contribution in [-0.4, -0.2) is 66.5 Å². The van der Waals surface area contributed by atoms with Crippen LogP contribution in [0.15, 0.2) is 72.3 Å². The molecule has 5 rings (SSSR count). The molecule has 0 aliphatic rings.